The van der Waals surface area contributed by atoms with E-state index in [9.17, 15) is 4.79 Å². The molecule has 1 aromatic heterocycles. The number of nitrogens with two attached hydrogens (primary N) is 1. The van der Waals surface area contributed by atoms with Crippen molar-refractivity contribution in [3.05, 3.63) is 22.8 Å². The van der Waals surface area contributed by atoms with Crippen molar-refractivity contribution < 1.29 is 14.3 Å². The van der Waals surface area contributed by atoms with Gasteiger partial charge in [0.2, 0.25) is 5.88 Å². The molecule has 0 aliphatic rings. The smallest absolute Gasteiger partial charge is 0.404 e. The van der Waals surface area contributed by atoms with E-state index in [1.54, 1.807) is 18.3 Å². The molecule has 1 atom stereocenters. The molecule has 0 aromatic carbocycles. The van der Waals surface area contributed by atoms with Crippen molar-refractivity contribution in [2.24, 2.45) is 11.1 Å². The first-order chi connectivity index (χ1) is 8.29. The van der Waals surface area contributed by atoms with Gasteiger partial charge in [0, 0.05) is 22.2 Å². The molecule has 6 heteroatoms. The highest BCUT2D eigenvalue weighted by Gasteiger charge is 2.28. The lowest BCUT2D eigenvalue weighted by atomic mass is 9.89. The molecule has 0 saturated heterocycles. The minimum Gasteiger partial charge on any atom is -0.470 e. The molecule has 100 valence electrons. The number of nitrogens with zero attached hydrogens (tertiary/aromatic N) is 1. The summed E-state index contributed by atoms with van der Waals surface area (Å²) in [6, 6.07) is 3.56. The van der Waals surface area contributed by atoms with Gasteiger partial charge in [-0.2, -0.15) is 0 Å². The minimum atomic E-state index is -0.810. The van der Waals surface area contributed by atoms with Crippen LogP contribution >= 0.6 is 15.9 Å². The topological polar surface area (TPSA) is 74.4 Å². The zero-order chi connectivity index (χ0) is 13.8. The summed E-state index contributed by atoms with van der Waals surface area (Å²) in [5.41, 5.74) is 4.75. The standard InChI is InChI=1S/C12H17BrN2O3/c1-12(2,3)9(7-17-11(14)16)18-10-6-8(13)4-5-15-10/h4-6,9H,7H2,1-3H3,(H2,14,16)/t9-/m1/s1. The third kappa shape index (κ3) is 4.91. The van der Waals surface area contributed by atoms with E-state index < -0.39 is 6.09 Å². The Morgan fingerprint density at radius 1 is 1.56 bits per heavy atom. The predicted octanol–water partition coefficient (Wildman–Crippen LogP) is 2.73. The number of carbonyl (C=O) groups is 1. The Morgan fingerprint density at radius 2 is 2.22 bits per heavy atom. The zero-order valence-corrected chi connectivity index (χ0v) is 12.2. The molecule has 5 nitrogen and oxygen atoms in total. The third-order valence-corrected chi connectivity index (χ3v) is 2.80. The number of aromatic nitrogens is 1. The van der Waals surface area contributed by atoms with Crippen LogP contribution in [-0.2, 0) is 4.74 Å². The van der Waals surface area contributed by atoms with Crippen molar-refractivity contribution >= 4 is 22.0 Å². The maximum absolute atomic E-state index is 10.7. The van der Waals surface area contributed by atoms with Crippen molar-refractivity contribution in [2.75, 3.05) is 6.61 Å². The van der Waals surface area contributed by atoms with Gasteiger partial charge in [-0.1, -0.05) is 36.7 Å². The molecule has 0 saturated carbocycles. The summed E-state index contributed by atoms with van der Waals surface area (Å²) < 4.78 is 11.4. The van der Waals surface area contributed by atoms with Gasteiger partial charge in [-0.25, -0.2) is 9.78 Å². The van der Waals surface area contributed by atoms with Crippen molar-refractivity contribution in [1.29, 1.82) is 0 Å². The molecule has 0 fully saturated rings. The van der Waals surface area contributed by atoms with Gasteiger partial charge in [0.1, 0.15) is 12.7 Å². The number of rotatable bonds is 4. The Bertz CT molecular complexity index is 418. The number of pyridine rings is 1. The number of primary amides is 1. The van der Waals surface area contributed by atoms with Crippen LogP contribution in [0.1, 0.15) is 20.8 Å². The highest BCUT2D eigenvalue weighted by atomic mass is 79.9. The van der Waals surface area contributed by atoms with Gasteiger partial charge in [-0.05, 0) is 6.07 Å². The van der Waals surface area contributed by atoms with Crippen molar-refractivity contribution in [3.8, 4) is 5.88 Å². The number of ether oxygens (including phenoxy) is 2. The Kier molecular flexibility index (Phi) is 4.95. The van der Waals surface area contributed by atoms with Crippen molar-refractivity contribution in [1.82, 2.24) is 4.98 Å². The van der Waals surface area contributed by atoms with Crippen LogP contribution in [0.25, 0.3) is 0 Å². The monoisotopic (exact) mass is 316 g/mol. The molecule has 0 radical (unpaired) electrons. The van der Waals surface area contributed by atoms with E-state index in [-0.39, 0.29) is 18.1 Å². The first-order valence-electron chi connectivity index (χ1n) is 5.49. The maximum atomic E-state index is 10.7. The third-order valence-electron chi connectivity index (χ3n) is 2.30. The van der Waals surface area contributed by atoms with E-state index in [1.807, 2.05) is 20.8 Å². The van der Waals surface area contributed by atoms with Crippen LogP contribution in [0, 0.1) is 5.41 Å². The molecule has 1 heterocycles. The van der Waals surface area contributed by atoms with E-state index in [4.69, 9.17) is 15.2 Å². The van der Waals surface area contributed by atoms with Crippen LogP contribution in [0.15, 0.2) is 22.8 Å². The molecule has 0 aliphatic carbocycles. The Labute approximate surface area is 115 Å². The normalized spacial score (nSPS) is 12.9. The lowest BCUT2D eigenvalue weighted by molar-refractivity contribution is 0.0211. The fourth-order valence-corrected chi connectivity index (χ4v) is 1.53. The van der Waals surface area contributed by atoms with E-state index in [1.165, 1.54) is 0 Å². The highest BCUT2D eigenvalue weighted by molar-refractivity contribution is 9.10. The molecule has 1 rings (SSSR count). The average Bonchev–Trinajstić information content (AvgIpc) is 2.22. The quantitative estimate of drug-likeness (QED) is 0.926. The molecule has 0 unspecified atom stereocenters. The summed E-state index contributed by atoms with van der Waals surface area (Å²) >= 11 is 3.34. The predicted molar refractivity (Wildman–Crippen MR) is 71.3 cm³/mol. The lowest BCUT2D eigenvalue weighted by Crippen LogP contribution is -2.38. The molecule has 1 amide bonds. The molecular weight excluding hydrogens is 300 g/mol. The van der Waals surface area contributed by atoms with Gasteiger partial charge in [-0.3, -0.25) is 0 Å². The molecule has 18 heavy (non-hydrogen) atoms. The molecule has 0 aliphatic heterocycles. The second-order valence-electron chi connectivity index (χ2n) is 4.91. The summed E-state index contributed by atoms with van der Waals surface area (Å²) in [4.78, 5) is 14.8. The highest BCUT2D eigenvalue weighted by Crippen LogP contribution is 2.25. The first kappa shape index (κ1) is 14.8. The number of halogens is 1. The fourth-order valence-electron chi connectivity index (χ4n) is 1.21. The second-order valence-corrected chi connectivity index (χ2v) is 5.83. The Morgan fingerprint density at radius 3 is 2.72 bits per heavy atom. The zero-order valence-electron chi connectivity index (χ0n) is 10.6. The van der Waals surface area contributed by atoms with Gasteiger partial charge < -0.3 is 15.2 Å². The number of hydrogen-bond acceptors (Lipinski definition) is 4. The Balaban J connectivity index is 2.75. The van der Waals surface area contributed by atoms with Crippen LogP contribution < -0.4 is 10.5 Å². The largest absolute Gasteiger partial charge is 0.470 e. The number of amides is 1. The van der Waals surface area contributed by atoms with Gasteiger partial charge in [0.25, 0.3) is 0 Å². The molecule has 1 aromatic rings. The van der Waals surface area contributed by atoms with Crippen molar-refractivity contribution in [3.63, 3.8) is 0 Å². The lowest BCUT2D eigenvalue weighted by Gasteiger charge is -2.30. The van der Waals surface area contributed by atoms with Crippen LogP contribution in [0.4, 0.5) is 4.79 Å². The first-order valence-corrected chi connectivity index (χ1v) is 6.29. The summed E-state index contributed by atoms with van der Waals surface area (Å²) in [6.07, 6.45) is 0.496. The van der Waals surface area contributed by atoms with Crippen LogP contribution in [-0.4, -0.2) is 23.8 Å². The maximum Gasteiger partial charge on any atom is 0.404 e. The fraction of sp³-hybridized carbons (Fsp3) is 0.500. The molecule has 0 bridgehead atoms. The summed E-state index contributed by atoms with van der Waals surface area (Å²) in [7, 11) is 0. The van der Waals surface area contributed by atoms with Gasteiger partial charge in [0.15, 0.2) is 0 Å². The van der Waals surface area contributed by atoms with E-state index in [2.05, 4.69) is 20.9 Å². The second kappa shape index (κ2) is 6.04. The van der Waals surface area contributed by atoms with E-state index >= 15 is 0 Å². The van der Waals surface area contributed by atoms with Gasteiger partial charge >= 0.3 is 6.09 Å². The van der Waals surface area contributed by atoms with Crippen LogP contribution in [0.5, 0.6) is 5.88 Å². The van der Waals surface area contributed by atoms with Crippen LogP contribution in [0.2, 0.25) is 0 Å². The van der Waals surface area contributed by atoms with Crippen LogP contribution in [0.3, 0.4) is 0 Å². The molecular formula is C12H17BrN2O3. The molecule has 2 N–H and O–H groups in total. The SMILES string of the molecule is CC(C)(C)[C@@H](COC(N)=O)Oc1cc(Br)ccn1. The Hall–Kier alpha value is -1.30. The van der Waals surface area contributed by atoms with E-state index in [0.717, 1.165) is 4.47 Å². The summed E-state index contributed by atoms with van der Waals surface area (Å²) in [6.45, 7) is 6.05. The van der Waals surface area contributed by atoms with Crippen molar-refractivity contribution in [2.45, 2.75) is 26.9 Å². The minimum absolute atomic E-state index is 0.0903. The average molecular weight is 317 g/mol. The number of hydrogen-bond donors (Lipinski definition) is 1. The van der Waals surface area contributed by atoms with E-state index in [0.29, 0.717) is 5.88 Å². The van der Waals surface area contributed by atoms with Gasteiger partial charge in [-0.15, -0.1) is 0 Å². The number of carbonyl (C=O) groups excluding carboxylic acids is 1. The summed E-state index contributed by atoms with van der Waals surface area (Å²) in [5, 5.41) is 0. The summed E-state index contributed by atoms with van der Waals surface area (Å²) in [5.74, 6) is 0.470. The van der Waals surface area contributed by atoms with Gasteiger partial charge in [0.05, 0.1) is 0 Å². The molecule has 0 spiro atoms.